The van der Waals surface area contributed by atoms with E-state index in [1.807, 2.05) is 19.2 Å². The van der Waals surface area contributed by atoms with Gasteiger partial charge in [0, 0.05) is 16.7 Å². The average molecular weight is 301 g/mol. The van der Waals surface area contributed by atoms with Crippen LogP contribution in [0.4, 0.5) is 4.39 Å². The fourth-order valence-electron chi connectivity index (χ4n) is 2.88. The van der Waals surface area contributed by atoms with Crippen molar-refractivity contribution in [3.63, 3.8) is 0 Å². The standard InChI is InChI=1S/C18H20FNS/c1-20-18(12-21-15-9-7-14(19)8-10-15)17-11-16(17)13-5-3-2-4-6-13/h2-10,16-18,20H,11-12H2,1H3. The van der Waals surface area contributed by atoms with E-state index in [-0.39, 0.29) is 5.82 Å². The Labute approximate surface area is 130 Å². The maximum absolute atomic E-state index is 12.9. The van der Waals surface area contributed by atoms with Crippen molar-refractivity contribution < 1.29 is 4.39 Å². The van der Waals surface area contributed by atoms with Crippen LogP contribution in [0.2, 0.25) is 0 Å². The van der Waals surface area contributed by atoms with Crippen molar-refractivity contribution in [2.75, 3.05) is 12.8 Å². The molecule has 0 heterocycles. The molecule has 3 rings (SSSR count). The van der Waals surface area contributed by atoms with Crippen molar-refractivity contribution in [2.24, 2.45) is 5.92 Å². The summed E-state index contributed by atoms with van der Waals surface area (Å²) < 4.78 is 12.9. The van der Waals surface area contributed by atoms with E-state index in [1.165, 1.54) is 24.1 Å². The fourth-order valence-corrected chi connectivity index (χ4v) is 4.00. The van der Waals surface area contributed by atoms with Crippen LogP contribution in [0.1, 0.15) is 17.9 Å². The van der Waals surface area contributed by atoms with Crippen molar-refractivity contribution in [2.45, 2.75) is 23.3 Å². The van der Waals surface area contributed by atoms with Gasteiger partial charge >= 0.3 is 0 Å². The molecule has 0 aromatic heterocycles. The van der Waals surface area contributed by atoms with Gasteiger partial charge in [-0.15, -0.1) is 11.8 Å². The molecule has 1 N–H and O–H groups in total. The molecule has 2 aromatic carbocycles. The SMILES string of the molecule is CNC(CSc1ccc(F)cc1)C1CC1c1ccccc1. The first-order valence-corrected chi connectivity index (χ1v) is 8.37. The van der Waals surface area contributed by atoms with Crippen LogP contribution in [-0.4, -0.2) is 18.8 Å². The molecule has 1 fully saturated rings. The monoisotopic (exact) mass is 301 g/mol. The molecule has 0 spiro atoms. The predicted octanol–water partition coefficient (Wildman–Crippen LogP) is 4.31. The van der Waals surface area contributed by atoms with Crippen molar-refractivity contribution >= 4 is 11.8 Å². The lowest BCUT2D eigenvalue weighted by molar-refractivity contribution is 0.542. The summed E-state index contributed by atoms with van der Waals surface area (Å²) >= 11 is 1.80. The Bertz CT molecular complexity index is 570. The number of hydrogen-bond donors (Lipinski definition) is 1. The first-order valence-electron chi connectivity index (χ1n) is 7.38. The molecule has 21 heavy (non-hydrogen) atoms. The summed E-state index contributed by atoms with van der Waals surface area (Å²) in [5.41, 5.74) is 1.45. The molecule has 0 aliphatic heterocycles. The Morgan fingerprint density at radius 3 is 2.52 bits per heavy atom. The Balaban J connectivity index is 1.56. The normalized spacial score (nSPS) is 22.0. The molecule has 0 radical (unpaired) electrons. The Hall–Kier alpha value is -1.32. The van der Waals surface area contributed by atoms with Gasteiger partial charge in [-0.05, 0) is 55.1 Å². The molecule has 3 unspecified atom stereocenters. The van der Waals surface area contributed by atoms with Gasteiger partial charge in [0.05, 0.1) is 0 Å². The number of nitrogens with one attached hydrogen (secondary N) is 1. The van der Waals surface area contributed by atoms with E-state index in [0.717, 1.165) is 10.6 Å². The highest BCUT2D eigenvalue weighted by atomic mass is 32.2. The third-order valence-corrected chi connectivity index (χ3v) is 5.33. The minimum Gasteiger partial charge on any atom is -0.316 e. The molecular weight excluding hydrogens is 281 g/mol. The molecule has 0 amide bonds. The Kier molecular flexibility index (Phi) is 4.61. The summed E-state index contributed by atoms with van der Waals surface area (Å²) in [7, 11) is 2.04. The van der Waals surface area contributed by atoms with E-state index in [4.69, 9.17) is 0 Å². The first kappa shape index (κ1) is 14.6. The third-order valence-electron chi connectivity index (χ3n) is 4.20. The average Bonchev–Trinajstić information content (AvgIpc) is 3.31. The highest BCUT2D eigenvalue weighted by Gasteiger charge is 2.42. The molecule has 1 aliphatic rings. The van der Waals surface area contributed by atoms with Crippen LogP contribution in [-0.2, 0) is 0 Å². The maximum Gasteiger partial charge on any atom is 0.123 e. The fraction of sp³-hybridized carbons (Fsp3) is 0.333. The zero-order valence-corrected chi connectivity index (χ0v) is 12.9. The maximum atomic E-state index is 12.9. The highest BCUT2D eigenvalue weighted by molar-refractivity contribution is 7.99. The van der Waals surface area contributed by atoms with E-state index in [2.05, 4.69) is 35.6 Å². The third kappa shape index (κ3) is 3.66. The van der Waals surface area contributed by atoms with Gasteiger partial charge in [-0.1, -0.05) is 30.3 Å². The van der Waals surface area contributed by atoms with Crippen molar-refractivity contribution in [1.82, 2.24) is 5.32 Å². The smallest absolute Gasteiger partial charge is 0.123 e. The number of thioether (sulfide) groups is 1. The van der Waals surface area contributed by atoms with Gasteiger partial charge in [-0.2, -0.15) is 0 Å². The van der Waals surface area contributed by atoms with Crippen molar-refractivity contribution in [3.8, 4) is 0 Å². The van der Waals surface area contributed by atoms with E-state index in [9.17, 15) is 4.39 Å². The summed E-state index contributed by atoms with van der Waals surface area (Å²) in [6, 6.07) is 18.0. The van der Waals surface area contributed by atoms with Gasteiger partial charge in [0.25, 0.3) is 0 Å². The summed E-state index contributed by atoms with van der Waals surface area (Å²) in [6.07, 6.45) is 1.26. The number of benzene rings is 2. The molecule has 110 valence electrons. The van der Waals surface area contributed by atoms with Crippen LogP contribution in [0.25, 0.3) is 0 Å². The Morgan fingerprint density at radius 2 is 1.86 bits per heavy atom. The topological polar surface area (TPSA) is 12.0 Å². The highest BCUT2D eigenvalue weighted by Crippen LogP contribution is 2.50. The lowest BCUT2D eigenvalue weighted by atomic mass is 10.1. The van der Waals surface area contributed by atoms with Crippen LogP contribution in [0, 0.1) is 11.7 Å². The van der Waals surface area contributed by atoms with E-state index < -0.39 is 0 Å². The number of hydrogen-bond acceptors (Lipinski definition) is 2. The van der Waals surface area contributed by atoms with Gasteiger partial charge in [-0.25, -0.2) is 4.39 Å². The minimum absolute atomic E-state index is 0.171. The Morgan fingerprint density at radius 1 is 1.14 bits per heavy atom. The van der Waals surface area contributed by atoms with Crippen molar-refractivity contribution in [1.29, 1.82) is 0 Å². The zero-order valence-electron chi connectivity index (χ0n) is 12.1. The molecule has 1 aliphatic carbocycles. The molecule has 0 bridgehead atoms. The van der Waals surface area contributed by atoms with Gasteiger partial charge in [0.15, 0.2) is 0 Å². The van der Waals surface area contributed by atoms with Crippen molar-refractivity contribution in [3.05, 3.63) is 66.0 Å². The van der Waals surface area contributed by atoms with Crippen LogP contribution in [0.15, 0.2) is 59.5 Å². The second-order valence-corrected chi connectivity index (χ2v) is 6.67. The summed E-state index contributed by atoms with van der Waals surface area (Å²) in [6.45, 7) is 0. The zero-order chi connectivity index (χ0) is 14.7. The van der Waals surface area contributed by atoms with Gasteiger partial charge in [0.1, 0.15) is 5.82 Å². The quantitative estimate of drug-likeness (QED) is 0.798. The second-order valence-electron chi connectivity index (χ2n) is 5.58. The van der Waals surface area contributed by atoms with E-state index >= 15 is 0 Å². The minimum atomic E-state index is -0.171. The summed E-state index contributed by atoms with van der Waals surface area (Å²) in [5.74, 6) is 2.26. The molecule has 1 saturated carbocycles. The summed E-state index contributed by atoms with van der Waals surface area (Å²) in [5, 5.41) is 3.45. The van der Waals surface area contributed by atoms with Crippen LogP contribution in [0.3, 0.4) is 0 Å². The largest absolute Gasteiger partial charge is 0.316 e. The number of halogens is 1. The van der Waals surface area contributed by atoms with Gasteiger partial charge < -0.3 is 5.32 Å². The van der Waals surface area contributed by atoms with Crippen LogP contribution < -0.4 is 5.32 Å². The predicted molar refractivity (Wildman–Crippen MR) is 87.3 cm³/mol. The van der Waals surface area contributed by atoms with E-state index in [1.54, 1.807) is 11.8 Å². The molecule has 3 atom stereocenters. The first-order chi connectivity index (χ1) is 10.3. The van der Waals surface area contributed by atoms with Gasteiger partial charge in [0.2, 0.25) is 0 Å². The number of rotatable bonds is 6. The second kappa shape index (κ2) is 6.63. The molecule has 3 heteroatoms. The molecule has 1 nitrogen and oxygen atoms in total. The van der Waals surface area contributed by atoms with E-state index in [0.29, 0.717) is 17.9 Å². The van der Waals surface area contributed by atoms with Gasteiger partial charge in [-0.3, -0.25) is 0 Å². The molecular formula is C18H20FNS. The van der Waals surface area contributed by atoms with Crippen LogP contribution in [0.5, 0.6) is 0 Å². The summed E-state index contributed by atoms with van der Waals surface area (Å²) in [4.78, 5) is 1.13. The van der Waals surface area contributed by atoms with Crippen LogP contribution >= 0.6 is 11.8 Å². The lowest BCUT2D eigenvalue weighted by Crippen LogP contribution is -2.30. The lowest BCUT2D eigenvalue weighted by Gasteiger charge is -2.16. The molecule has 0 saturated heterocycles. The molecule has 2 aromatic rings.